The van der Waals surface area contributed by atoms with E-state index in [4.69, 9.17) is 11.6 Å². The molecular formula is C20H22ClN3O. The highest BCUT2D eigenvalue weighted by molar-refractivity contribution is 6.22. The van der Waals surface area contributed by atoms with E-state index in [1.54, 1.807) is 0 Å². The molecule has 0 bridgehead atoms. The number of likely N-dealkylation sites (tertiary alicyclic amines) is 1. The predicted octanol–water partition coefficient (Wildman–Crippen LogP) is 3.70. The summed E-state index contributed by atoms with van der Waals surface area (Å²) in [5.41, 5.74) is 6.56. The second kappa shape index (κ2) is 6.34. The van der Waals surface area contributed by atoms with Crippen LogP contribution in [0.1, 0.15) is 28.6 Å². The highest BCUT2D eigenvalue weighted by Gasteiger charge is 2.32. The first-order valence-corrected chi connectivity index (χ1v) is 9.20. The highest BCUT2D eigenvalue weighted by Crippen LogP contribution is 2.39. The average molecular weight is 356 g/mol. The van der Waals surface area contributed by atoms with Gasteiger partial charge in [0, 0.05) is 31.4 Å². The number of aromatic nitrogens is 1. The van der Waals surface area contributed by atoms with Crippen LogP contribution in [0.3, 0.4) is 0 Å². The van der Waals surface area contributed by atoms with E-state index in [2.05, 4.69) is 48.0 Å². The number of pyridine rings is 1. The van der Waals surface area contributed by atoms with Gasteiger partial charge in [-0.25, -0.2) is 0 Å². The third-order valence-electron chi connectivity index (χ3n) is 5.01. The molecule has 0 spiro atoms. The monoisotopic (exact) mass is 355 g/mol. The molecule has 25 heavy (non-hydrogen) atoms. The molecule has 1 amide bonds. The van der Waals surface area contributed by atoms with E-state index < -0.39 is 0 Å². The number of amides is 1. The molecule has 1 unspecified atom stereocenters. The van der Waals surface area contributed by atoms with Gasteiger partial charge in [0.25, 0.3) is 0 Å². The summed E-state index contributed by atoms with van der Waals surface area (Å²) in [7, 11) is 0. The number of hydrogen-bond acceptors (Lipinski definition) is 3. The Morgan fingerprint density at radius 2 is 1.88 bits per heavy atom. The molecule has 1 fully saturated rings. The van der Waals surface area contributed by atoms with Crippen molar-refractivity contribution in [2.75, 3.05) is 31.1 Å². The Morgan fingerprint density at radius 3 is 2.52 bits per heavy atom. The smallest absolute Gasteiger partial charge is 0.242 e. The maximum absolute atomic E-state index is 12.4. The highest BCUT2D eigenvalue weighted by atomic mass is 35.5. The lowest BCUT2D eigenvalue weighted by molar-refractivity contribution is -0.133. The molecular weight excluding hydrogens is 334 g/mol. The average Bonchev–Trinajstić information content (AvgIpc) is 2.80. The molecule has 3 heterocycles. The number of alkyl halides is 1. The second-order valence-electron chi connectivity index (χ2n) is 7.09. The number of halogens is 1. The number of anilines is 1. The molecule has 1 aromatic carbocycles. The van der Waals surface area contributed by atoms with Crippen molar-refractivity contribution in [3.05, 3.63) is 47.3 Å². The van der Waals surface area contributed by atoms with Crippen molar-refractivity contribution in [1.82, 2.24) is 9.88 Å². The summed E-state index contributed by atoms with van der Waals surface area (Å²) in [6, 6.07) is 8.62. The van der Waals surface area contributed by atoms with E-state index in [1.807, 2.05) is 11.1 Å². The summed E-state index contributed by atoms with van der Waals surface area (Å²) in [6.07, 6.45) is 3.00. The Morgan fingerprint density at radius 1 is 1.16 bits per heavy atom. The van der Waals surface area contributed by atoms with Crippen LogP contribution in [0.25, 0.3) is 11.1 Å². The van der Waals surface area contributed by atoms with Crippen molar-refractivity contribution >= 4 is 23.2 Å². The molecule has 2 aromatic rings. The number of fused-ring (bicyclic) bond motifs is 1. The van der Waals surface area contributed by atoms with Crippen LogP contribution in [0.15, 0.2) is 30.5 Å². The largest absolute Gasteiger partial charge is 0.359 e. The molecule has 1 aromatic heterocycles. The third-order valence-corrected chi connectivity index (χ3v) is 5.35. The van der Waals surface area contributed by atoms with Crippen molar-refractivity contribution < 1.29 is 4.79 Å². The van der Waals surface area contributed by atoms with Crippen molar-refractivity contribution in [2.24, 2.45) is 0 Å². The van der Waals surface area contributed by atoms with Crippen molar-refractivity contribution in [1.29, 1.82) is 0 Å². The van der Waals surface area contributed by atoms with Crippen LogP contribution in [-0.4, -0.2) is 42.0 Å². The van der Waals surface area contributed by atoms with Gasteiger partial charge in [0.05, 0.1) is 23.3 Å². The molecule has 130 valence electrons. The lowest BCUT2D eigenvalue weighted by Gasteiger charge is -2.33. The van der Waals surface area contributed by atoms with Gasteiger partial charge in [0.1, 0.15) is 0 Å². The molecule has 2 aliphatic rings. The maximum atomic E-state index is 12.4. The van der Waals surface area contributed by atoms with Gasteiger partial charge in [0.2, 0.25) is 5.91 Å². The fraction of sp³-hybridized carbons (Fsp3) is 0.400. The summed E-state index contributed by atoms with van der Waals surface area (Å²) in [5, 5.41) is -0.160. The minimum Gasteiger partial charge on any atom is -0.359 e. The molecule has 5 heteroatoms. The van der Waals surface area contributed by atoms with Crippen LogP contribution in [0.5, 0.6) is 0 Å². The minimum absolute atomic E-state index is 0.160. The number of hydrogen-bond donors (Lipinski definition) is 0. The first-order chi connectivity index (χ1) is 12.0. The summed E-state index contributed by atoms with van der Waals surface area (Å²) in [5.74, 6) is 0.180. The second-order valence-corrected chi connectivity index (χ2v) is 7.61. The van der Waals surface area contributed by atoms with Gasteiger partial charge in [-0.05, 0) is 31.9 Å². The van der Waals surface area contributed by atoms with Crippen LogP contribution in [-0.2, 0) is 4.79 Å². The van der Waals surface area contributed by atoms with Gasteiger partial charge in [-0.15, -0.1) is 11.6 Å². The van der Waals surface area contributed by atoms with Crippen LogP contribution in [0.2, 0.25) is 0 Å². The summed E-state index contributed by atoms with van der Waals surface area (Å²) >= 11 is 6.47. The zero-order chi connectivity index (χ0) is 17.6. The standard InChI is InChI=1S/C20H22ClN3O/c1-13-6-14(2)8-15(7-13)16-9-18-20(22-10-16)17(21)11-24(18)12-19(25)23-4-3-5-23/h6-10,17H,3-5,11-12H2,1-2H3. The van der Waals surface area contributed by atoms with Crippen LogP contribution in [0, 0.1) is 13.8 Å². The Hall–Kier alpha value is -2.07. The quantitative estimate of drug-likeness (QED) is 0.788. The number of carbonyl (C=O) groups excluding carboxylic acids is 1. The van der Waals surface area contributed by atoms with E-state index in [0.29, 0.717) is 13.1 Å². The van der Waals surface area contributed by atoms with Crippen molar-refractivity contribution in [3.8, 4) is 11.1 Å². The normalized spacial score (nSPS) is 18.9. The molecule has 2 aliphatic heterocycles. The van der Waals surface area contributed by atoms with Crippen LogP contribution < -0.4 is 4.90 Å². The Kier molecular flexibility index (Phi) is 4.16. The number of nitrogens with zero attached hydrogens (tertiary/aromatic N) is 3. The Bertz CT molecular complexity index is 811. The van der Waals surface area contributed by atoms with Gasteiger partial charge >= 0.3 is 0 Å². The number of rotatable bonds is 3. The molecule has 4 nitrogen and oxygen atoms in total. The lowest BCUT2D eigenvalue weighted by atomic mass is 10.0. The van der Waals surface area contributed by atoms with E-state index in [-0.39, 0.29) is 11.3 Å². The van der Waals surface area contributed by atoms with E-state index in [0.717, 1.165) is 42.0 Å². The van der Waals surface area contributed by atoms with Gasteiger partial charge in [-0.2, -0.15) is 0 Å². The number of benzene rings is 1. The first-order valence-electron chi connectivity index (χ1n) is 8.76. The molecule has 0 aliphatic carbocycles. The molecule has 1 atom stereocenters. The zero-order valence-electron chi connectivity index (χ0n) is 14.6. The van der Waals surface area contributed by atoms with E-state index in [9.17, 15) is 4.79 Å². The predicted molar refractivity (Wildman–Crippen MR) is 101 cm³/mol. The van der Waals surface area contributed by atoms with Crippen molar-refractivity contribution in [2.45, 2.75) is 25.6 Å². The fourth-order valence-corrected chi connectivity index (χ4v) is 3.95. The van der Waals surface area contributed by atoms with Gasteiger partial charge in [-0.1, -0.05) is 29.3 Å². The fourth-order valence-electron chi connectivity index (χ4n) is 3.61. The van der Waals surface area contributed by atoms with Gasteiger partial charge in [0.15, 0.2) is 0 Å². The SMILES string of the molecule is Cc1cc(C)cc(-c2cnc3c(c2)N(CC(=O)N2CCC2)CC3Cl)c1. The number of aryl methyl sites for hydroxylation is 2. The van der Waals surface area contributed by atoms with Gasteiger partial charge < -0.3 is 9.80 Å². The molecule has 1 saturated heterocycles. The van der Waals surface area contributed by atoms with Gasteiger partial charge in [-0.3, -0.25) is 9.78 Å². The number of carbonyl (C=O) groups is 1. The maximum Gasteiger partial charge on any atom is 0.242 e. The van der Waals surface area contributed by atoms with Crippen LogP contribution in [0.4, 0.5) is 5.69 Å². The Balaban J connectivity index is 1.65. The summed E-state index contributed by atoms with van der Waals surface area (Å²) in [6.45, 7) is 6.98. The molecule has 0 radical (unpaired) electrons. The topological polar surface area (TPSA) is 36.4 Å². The minimum atomic E-state index is -0.160. The third kappa shape index (κ3) is 3.11. The van der Waals surface area contributed by atoms with E-state index in [1.165, 1.54) is 11.1 Å². The summed E-state index contributed by atoms with van der Waals surface area (Å²) < 4.78 is 0. The lowest BCUT2D eigenvalue weighted by Crippen LogP contribution is -2.47. The van der Waals surface area contributed by atoms with Crippen LogP contribution >= 0.6 is 11.6 Å². The zero-order valence-corrected chi connectivity index (χ0v) is 15.4. The van der Waals surface area contributed by atoms with Crippen molar-refractivity contribution in [3.63, 3.8) is 0 Å². The molecule has 0 N–H and O–H groups in total. The summed E-state index contributed by atoms with van der Waals surface area (Å²) in [4.78, 5) is 21.0. The van der Waals surface area contributed by atoms with E-state index >= 15 is 0 Å². The Labute approximate surface area is 153 Å². The first kappa shape index (κ1) is 16.4. The molecule has 4 rings (SSSR count). The molecule has 0 saturated carbocycles.